The highest BCUT2D eigenvalue weighted by Gasteiger charge is 1.90. The molecule has 0 atom stereocenters. The van der Waals surface area contributed by atoms with Crippen molar-refractivity contribution in [2.75, 3.05) is 0 Å². The molecule has 1 aromatic carbocycles. The smallest absolute Gasteiger partial charge is 0.161 e. The quantitative estimate of drug-likeness (QED) is 0.505. The normalized spacial score (nSPS) is 11.3. The van der Waals surface area contributed by atoms with Gasteiger partial charge in [-0.25, -0.2) is 0 Å². The molecule has 0 saturated carbocycles. The molecule has 0 saturated heterocycles. The number of halogens is 1. The van der Waals surface area contributed by atoms with Gasteiger partial charge >= 0.3 is 0 Å². The van der Waals surface area contributed by atoms with Gasteiger partial charge in [-0.15, -0.1) is 0 Å². The van der Waals surface area contributed by atoms with Crippen molar-refractivity contribution in [3.63, 3.8) is 0 Å². The fraction of sp³-hybridized carbons (Fsp3) is 0.100. The Balaban J connectivity index is 2.91. The van der Waals surface area contributed by atoms with Crippen molar-refractivity contribution in [3.05, 3.63) is 40.4 Å². The monoisotopic (exact) mass is 180 g/mol. The Hall–Kier alpha value is -1.08. The van der Waals surface area contributed by atoms with Crippen LogP contribution in [0, 0.1) is 6.92 Å². The van der Waals surface area contributed by atoms with Crippen LogP contribution in [0.2, 0.25) is 0 Å². The fourth-order valence-electron chi connectivity index (χ4n) is 0.856. The Labute approximate surface area is 76.7 Å². The van der Waals surface area contributed by atoms with Gasteiger partial charge in [-0.2, -0.15) is 0 Å². The maximum absolute atomic E-state index is 10.2. The van der Waals surface area contributed by atoms with Crippen LogP contribution in [0.1, 0.15) is 11.1 Å². The van der Waals surface area contributed by atoms with E-state index in [1.165, 1.54) is 5.56 Å². The van der Waals surface area contributed by atoms with Crippen molar-refractivity contribution in [2.24, 2.45) is 0 Å². The van der Waals surface area contributed by atoms with E-state index in [1.54, 1.807) is 6.08 Å². The van der Waals surface area contributed by atoms with E-state index in [0.717, 1.165) is 5.56 Å². The van der Waals surface area contributed by atoms with Gasteiger partial charge < -0.3 is 0 Å². The molecule has 0 aromatic heterocycles. The Bertz CT molecular complexity index is 298. The lowest BCUT2D eigenvalue weighted by Gasteiger charge is -1.93. The van der Waals surface area contributed by atoms with E-state index in [-0.39, 0.29) is 5.03 Å². The molecule has 0 N–H and O–H groups in total. The number of carbonyl (C=O) groups is 1. The maximum atomic E-state index is 10.2. The largest absolute Gasteiger partial charge is 0.297 e. The summed E-state index contributed by atoms with van der Waals surface area (Å²) >= 11 is 5.53. The van der Waals surface area contributed by atoms with Crippen LogP contribution < -0.4 is 0 Å². The van der Waals surface area contributed by atoms with Crippen LogP contribution in [0.5, 0.6) is 0 Å². The van der Waals surface area contributed by atoms with Crippen LogP contribution in [-0.2, 0) is 4.79 Å². The molecule has 1 nitrogen and oxygen atoms in total. The summed E-state index contributed by atoms with van der Waals surface area (Å²) in [5, 5.41) is 0.221. The first-order chi connectivity index (χ1) is 5.72. The van der Waals surface area contributed by atoms with E-state index in [0.29, 0.717) is 6.29 Å². The molecule has 0 bridgehead atoms. The fourth-order valence-corrected chi connectivity index (χ4v) is 0.982. The molecule has 0 spiro atoms. The first-order valence-electron chi connectivity index (χ1n) is 3.61. The molecule has 1 aromatic rings. The number of hydrogen-bond donors (Lipinski definition) is 0. The number of carbonyl (C=O) groups excluding carboxylic acids is 1. The zero-order valence-corrected chi connectivity index (χ0v) is 7.51. The lowest BCUT2D eigenvalue weighted by Crippen LogP contribution is -1.76. The third-order valence-corrected chi connectivity index (χ3v) is 1.69. The summed E-state index contributed by atoms with van der Waals surface area (Å²) < 4.78 is 0. The van der Waals surface area contributed by atoms with Crippen LogP contribution in [0.4, 0.5) is 0 Å². The summed E-state index contributed by atoms with van der Waals surface area (Å²) in [5.74, 6) is 0. The molecule has 0 fully saturated rings. The predicted molar refractivity (Wildman–Crippen MR) is 51.1 cm³/mol. The van der Waals surface area contributed by atoms with Crippen LogP contribution in [-0.4, -0.2) is 6.29 Å². The van der Waals surface area contributed by atoms with Crippen LogP contribution in [0.15, 0.2) is 29.3 Å². The Morgan fingerprint density at radius 1 is 1.33 bits per heavy atom. The third kappa shape index (κ3) is 2.51. The van der Waals surface area contributed by atoms with Crippen molar-refractivity contribution in [1.29, 1.82) is 0 Å². The lowest BCUT2D eigenvalue weighted by molar-refractivity contribution is -0.104. The molecular formula is C10H9ClO. The molecule has 2 heteroatoms. The van der Waals surface area contributed by atoms with Crippen molar-refractivity contribution in [1.82, 2.24) is 0 Å². The van der Waals surface area contributed by atoms with Crippen molar-refractivity contribution < 1.29 is 4.79 Å². The minimum atomic E-state index is 0.221. The lowest BCUT2D eigenvalue weighted by atomic mass is 10.1. The van der Waals surface area contributed by atoms with Crippen molar-refractivity contribution in [2.45, 2.75) is 6.92 Å². The summed E-state index contributed by atoms with van der Waals surface area (Å²) in [6, 6.07) is 7.78. The maximum Gasteiger partial charge on any atom is 0.161 e. The van der Waals surface area contributed by atoms with E-state index < -0.39 is 0 Å². The zero-order chi connectivity index (χ0) is 8.97. The highest BCUT2D eigenvalue weighted by molar-refractivity contribution is 6.40. The average Bonchev–Trinajstić information content (AvgIpc) is 2.09. The molecule has 12 heavy (non-hydrogen) atoms. The van der Waals surface area contributed by atoms with Gasteiger partial charge in [0.05, 0.1) is 5.03 Å². The predicted octanol–water partition coefficient (Wildman–Crippen LogP) is 2.77. The highest BCUT2D eigenvalue weighted by atomic mass is 35.5. The Morgan fingerprint density at radius 3 is 2.42 bits per heavy atom. The first-order valence-corrected chi connectivity index (χ1v) is 3.99. The molecule has 1 rings (SSSR count). The molecule has 0 aliphatic carbocycles. The van der Waals surface area contributed by atoms with Gasteiger partial charge in [0.15, 0.2) is 6.29 Å². The zero-order valence-electron chi connectivity index (χ0n) is 6.75. The van der Waals surface area contributed by atoms with Crippen LogP contribution in [0.25, 0.3) is 6.08 Å². The van der Waals surface area contributed by atoms with Gasteiger partial charge in [0, 0.05) is 0 Å². The van der Waals surface area contributed by atoms with E-state index in [9.17, 15) is 4.79 Å². The number of rotatable bonds is 2. The van der Waals surface area contributed by atoms with Gasteiger partial charge in [-0.05, 0) is 18.6 Å². The summed E-state index contributed by atoms with van der Waals surface area (Å²) in [5.41, 5.74) is 2.13. The summed E-state index contributed by atoms with van der Waals surface area (Å²) in [6.45, 7) is 2.01. The number of hydrogen-bond acceptors (Lipinski definition) is 1. The second-order valence-electron chi connectivity index (χ2n) is 2.56. The minimum absolute atomic E-state index is 0.221. The van der Waals surface area contributed by atoms with Crippen LogP contribution in [0.3, 0.4) is 0 Å². The molecule has 0 heterocycles. The SMILES string of the molecule is Cc1ccc(/C=C(/Cl)C=O)cc1. The summed E-state index contributed by atoms with van der Waals surface area (Å²) in [4.78, 5) is 10.2. The van der Waals surface area contributed by atoms with Crippen molar-refractivity contribution >= 4 is 24.0 Å². The third-order valence-electron chi connectivity index (χ3n) is 1.49. The molecular weight excluding hydrogens is 172 g/mol. The van der Waals surface area contributed by atoms with Gasteiger partial charge in [0.25, 0.3) is 0 Å². The first kappa shape index (κ1) is 9.01. The van der Waals surface area contributed by atoms with Crippen LogP contribution >= 0.6 is 11.6 Å². The Morgan fingerprint density at radius 2 is 1.92 bits per heavy atom. The second-order valence-corrected chi connectivity index (χ2v) is 2.99. The highest BCUT2D eigenvalue weighted by Crippen LogP contribution is 2.09. The minimum Gasteiger partial charge on any atom is -0.297 e. The van der Waals surface area contributed by atoms with E-state index >= 15 is 0 Å². The van der Waals surface area contributed by atoms with Gasteiger partial charge in [0.1, 0.15) is 0 Å². The molecule has 0 aliphatic rings. The van der Waals surface area contributed by atoms with Gasteiger partial charge in [-0.1, -0.05) is 41.4 Å². The van der Waals surface area contributed by atoms with E-state index in [1.807, 2.05) is 31.2 Å². The molecule has 0 amide bonds. The average molecular weight is 181 g/mol. The molecule has 0 radical (unpaired) electrons. The van der Waals surface area contributed by atoms with E-state index in [2.05, 4.69) is 0 Å². The van der Waals surface area contributed by atoms with Gasteiger partial charge in [0.2, 0.25) is 0 Å². The molecule has 62 valence electrons. The van der Waals surface area contributed by atoms with E-state index in [4.69, 9.17) is 11.6 Å². The second kappa shape index (κ2) is 4.07. The number of aldehydes is 1. The summed E-state index contributed by atoms with van der Waals surface area (Å²) in [6.07, 6.45) is 2.26. The van der Waals surface area contributed by atoms with Gasteiger partial charge in [-0.3, -0.25) is 4.79 Å². The standard InChI is InChI=1S/C10H9ClO/c1-8-2-4-9(5-3-8)6-10(11)7-12/h2-7H,1H3/b10-6+. The molecule has 0 aliphatic heterocycles. The number of benzene rings is 1. The number of aryl methyl sites for hydroxylation is 1. The van der Waals surface area contributed by atoms with Crippen molar-refractivity contribution in [3.8, 4) is 0 Å². The summed E-state index contributed by atoms with van der Waals surface area (Å²) in [7, 11) is 0. The number of allylic oxidation sites excluding steroid dienone is 1. The topological polar surface area (TPSA) is 17.1 Å². The Kier molecular flexibility index (Phi) is 3.06. The molecule has 0 unspecified atom stereocenters.